The number of fused-ring (bicyclic) bond motifs is 1. The highest BCUT2D eigenvalue weighted by Crippen LogP contribution is 2.26. The Balaban J connectivity index is 0.923. The fourth-order valence-corrected chi connectivity index (χ4v) is 5.95. The molecule has 0 aliphatic carbocycles. The lowest BCUT2D eigenvalue weighted by Gasteiger charge is -2.18. The van der Waals surface area contributed by atoms with E-state index >= 15 is 0 Å². The molecule has 3 unspecified atom stereocenters. The van der Waals surface area contributed by atoms with Crippen LogP contribution >= 0.6 is 0 Å². The number of nitrogens with one attached hydrogen (secondary N) is 2. The van der Waals surface area contributed by atoms with Crippen LogP contribution in [-0.4, -0.2) is 55.7 Å². The van der Waals surface area contributed by atoms with Gasteiger partial charge in [-0.05, 0) is 71.8 Å². The molecule has 0 saturated carbocycles. The highest BCUT2D eigenvalue weighted by Gasteiger charge is 2.33. The summed E-state index contributed by atoms with van der Waals surface area (Å²) in [5.41, 5.74) is 6.62. The Bertz CT molecular complexity index is 2050. The molecule has 51 heavy (non-hydrogen) atoms. The van der Waals surface area contributed by atoms with Crippen molar-refractivity contribution in [2.24, 2.45) is 4.99 Å². The van der Waals surface area contributed by atoms with Gasteiger partial charge in [0.2, 0.25) is 6.23 Å². The molecule has 2 heterocycles. The summed E-state index contributed by atoms with van der Waals surface area (Å²) >= 11 is 0. The Morgan fingerprint density at radius 1 is 0.922 bits per heavy atom. The maximum atomic E-state index is 13.1. The molecule has 2 aliphatic heterocycles. The molecule has 0 radical (unpaired) electrons. The predicted octanol–water partition coefficient (Wildman–Crippen LogP) is 6.13. The lowest BCUT2D eigenvalue weighted by atomic mass is 10.0. The van der Waals surface area contributed by atoms with Crippen LogP contribution in [0, 0.1) is 0 Å². The van der Waals surface area contributed by atoms with Gasteiger partial charge in [-0.2, -0.15) is 0 Å². The minimum absolute atomic E-state index is 0.159. The third-order valence-corrected chi connectivity index (χ3v) is 8.61. The van der Waals surface area contributed by atoms with E-state index in [9.17, 15) is 14.4 Å². The summed E-state index contributed by atoms with van der Waals surface area (Å²) in [6.07, 6.45) is -1.12. The fraction of sp³-hybridized carbons (Fsp3) is 0.200. The first-order valence-electron chi connectivity index (χ1n) is 16.7. The first-order valence-corrected chi connectivity index (χ1v) is 16.7. The van der Waals surface area contributed by atoms with E-state index in [-0.39, 0.29) is 25.5 Å². The molecule has 0 aromatic heterocycles. The van der Waals surface area contributed by atoms with Crippen molar-refractivity contribution in [3.05, 3.63) is 144 Å². The van der Waals surface area contributed by atoms with Gasteiger partial charge in [-0.25, -0.2) is 24.9 Å². The van der Waals surface area contributed by atoms with Crippen molar-refractivity contribution in [1.29, 1.82) is 0 Å². The SMILES string of the molecule is CCOC(=O)C(Cc1ccc(OCC2CN(c3ccc(C4=NC(c5ccccc5)ON4)cc3)C(=O)O2)cc1)NC(=O)c1ccc2ccccc2c1. The minimum atomic E-state index is -0.879. The van der Waals surface area contributed by atoms with Gasteiger partial charge in [0, 0.05) is 28.8 Å². The van der Waals surface area contributed by atoms with Gasteiger partial charge in [0.15, 0.2) is 11.9 Å². The van der Waals surface area contributed by atoms with Gasteiger partial charge in [0.05, 0.1) is 13.2 Å². The van der Waals surface area contributed by atoms with Crippen molar-refractivity contribution in [1.82, 2.24) is 10.8 Å². The van der Waals surface area contributed by atoms with Gasteiger partial charge in [0.25, 0.3) is 5.91 Å². The Hall–Kier alpha value is -6.20. The molecule has 5 aromatic carbocycles. The van der Waals surface area contributed by atoms with Gasteiger partial charge in [0.1, 0.15) is 18.4 Å². The number of nitrogens with zero attached hydrogens (tertiary/aromatic N) is 2. The molecule has 7 rings (SSSR count). The standard InChI is InChI=1S/C40H36N4O7/c1-2-48-39(46)35(41-37(45)31-15-14-27-8-6-7-11-30(27)23-31)22-26-12-20-33(21-13-26)49-25-34-24-44(40(47)50-34)32-18-16-28(17-19-32)36-42-38(51-43-36)29-9-4-3-5-10-29/h3-21,23,34-35,38H,2,22,24-25H2,1H3,(H,41,45)(H,42,43). The van der Waals surface area contributed by atoms with E-state index in [2.05, 4.69) is 15.8 Å². The number of amides is 2. The van der Waals surface area contributed by atoms with Crippen LogP contribution in [0.25, 0.3) is 10.8 Å². The molecule has 2 amide bonds. The van der Waals surface area contributed by atoms with Crippen LogP contribution in [0.3, 0.4) is 0 Å². The number of esters is 1. The Labute approximate surface area is 294 Å². The van der Waals surface area contributed by atoms with Gasteiger partial charge < -0.3 is 19.5 Å². The zero-order chi connectivity index (χ0) is 35.2. The number of hydrogen-bond acceptors (Lipinski definition) is 9. The molecule has 5 aromatic rings. The van der Waals surface area contributed by atoms with Crippen molar-refractivity contribution in [2.45, 2.75) is 31.7 Å². The van der Waals surface area contributed by atoms with Crippen molar-refractivity contribution in [3.8, 4) is 5.75 Å². The van der Waals surface area contributed by atoms with Crippen molar-refractivity contribution in [3.63, 3.8) is 0 Å². The second-order valence-corrected chi connectivity index (χ2v) is 12.1. The normalized spacial score (nSPS) is 17.3. The Morgan fingerprint density at radius 2 is 1.67 bits per heavy atom. The summed E-state index contributed by atoms with van der Waals surface area (Å²) in [5, 5.41) is 4.80. The molecule has 1 saturated heterocycles. The first kappa shape index (κ1) is 33.3. The molecule has 1 fully saturated rings. The third kappa shape index (κ3) is 7.84. The molecule has 0 spiro atoms. The van der Waals surface area contributed by atoms with Gasteiger partial charge >= 0.3 is 12.1 Å². The molecule has 0 bridgehead atoms. The molecule has 2 aliphatic rings. The molecule has 258 valence electrons. The minimum Gasteiger partial charge on any atom is -0.490 e. The summed E-state index contributed by atoms with van der Waals surface area (Å²) in [4.78, 5) is 50.5. The molecular formula is C40H36N4O7. The van der Waals surface area contributed by atoms with E-state index in [0.717, 1.165) is 27.5 Å². The number of benzene rings is 5. The molecule has 11 heteroatoms. The zero-order valence-electron chi connectivity index (χ0n) is 27.9. The largest absolute Gasteiger partial charge is 0.490 e. The van der Waals surface area contributed by atoms with Gasteiger partial charge in [-0.15, -0.1) is 0 Å². The van der Waals surface area contributed by atoms with E-state index in [0.29, 0.717) is 29.4 Å². The molecule has 2 N–H and O–H groups in total. The average Bonchev–Trinajstić information content (AvgIpc) is 3.82. The summed E-state index contributed by atoms with van der Waals surface area (Å²) in [6.45, 7) is 2.41. The summed E-state index contributed by atoms with van der Waals surface area (Å²) in [5.74, 6) is 0.316. The average molecular weight is 685 g/mol. The second-order valence-electron chi connectivity index (χ2n) is 12.1. The number of carbonyl (C=O) groups is 3. The number of aliphatic imine (C=N–C) groups is 1. The number of anilines is 1. The maximum absolute atomic E-state index is 13.1. The van der Waals surface area contributed by atoms with Crippen LogP contribution in [0.4, 0.5) is 10.5 Å². The van der Waals surface area contributed by atoms with Crippen LogP contribution in [-0.2, 0) is 25.5 Å². The van der Waals surface area contributed by atoms with Crippen LogP contribution in [0.2, 0.25) is 0 Å². The number of ether oxygens (including phenoxy) is 3. The van der Waals surface area contributed by atoms with Gasteiger partial charge in [-0.1, -0.05) is 72.8 Å². The predicted molar refractivity (Wildman–Crippen MR) is 191 cm³/mol. The first-order chi connectivity index (χ1) is 24.9. The van der Waals surface area contributed by atoms with Gasteiger partial charge in [-0.3, -0.25) is 9.69 Å². The van der Waals surface area contributed by atoms with Crippen LogP contribution in [0.1, 0.15) is 40.2 Å². The Kier molecular flexibility index (Phi) is 9.89. The van der Waals surface area contributed by atoms with E-state index in [1.165, 1.54) is 0 Å². The topological polar surface area (TPSA) is 128 Å². The van der Waals surface area contributed by atoms with Crippen molar-refractivity contribution >= 4 is 40.3 Å². The summed E-state index contributed by atoms with van der Waals surface area (Å²) < 4.78 is 16.8. The van der Waals surface area contributed by atoms with E-state index in [4.69, 9.17) is 19.0 Å². The van der Waals surface area contributed by atoms with Crippen LogP contribution in [0.15, 0.2) is 126 Å². The van der Waals surface area contributed by atoms with E-state index < -0.39 is 30.4 Å². The highest BCUT2D eigenvalue weighted by atomic mass is 16.7. The number of hydroxylamine groups is 1. The van der Waals surface area contributed by atoms with Crippen molar-refractivity contribution < 1.29 is 33.4 Å². The molecule has 11 nitrogen and oxygen atoms in total. The maximum Gasteiger partial charge on any atom is 0.414 e. The number of hydrogen-bond donors (Lipinski definition) is 2. The summed E-state index contributed by atoms with van der Waals surface area (Å²) in [7, 11) is 0. The lowest BCUT2D eigenvalue weighted by Crippen LogP contribution is -2.43. The van der Waals surface area contributed by atoms with Crippen LogP contribution in [0.5, 0.6) is 5.75 Å². The van der Waals surface area contributed by atoms with Crippen LogP contribution < -0.4 is 20.4 Å². The number of amidine groups is 1. The second kappa shape index (κ2) is 15.1. The molecular weight excluding hydrogens is 648 g/mol. The fourth-order valence-electron chi connectivity index (χ4n) is 5.95. The number of cyclic esters (lactones) is 1. The third-order valence-electron chi connectivity index (χ3n) is 8.61. The van der Waals surface area contributed by atoms with Crippen molar-refractivity contribution in [2.75, 3.05) is 24.7 Å². The number of rotatable bonds is 12. The van der Waals surface area contributed by atoms with E-state index in [1.807, 2.05) is 97.1 Å². The zero-order valence-corrected chi connectivity index (χ0v) is 27.9. The lowest BCUT2D eigenvalue weighted by molar-refractivity contribution is -0.145. The molecule has 3 atom stereocenters. The van der Waals surface area contributed by atoms with E-state index in [1.54, 1.807) is 36.1 Å². The monoisotopic (exact) mass is 684 g/mol. The quantitative estimate of drug-likeness (QED) is 0.150. The summed E-state index contributed by atoms with van der Waals surface area (Å²) in [6, 6.07) is 36.7. The Morgan fingerprint density at radius 3 is 2.43 bits per heavy atom. The smallest absolute Gasteiger partial charge is 0.414 e. The number of carbonyl (C=O) groups excluding carboxylic acids is 3. The highest BCUT2D eigenvalue weighted by molar-refractivity contribution is 6.01.